The zero-order chi connectivity index (χ0) is 14.3. The zero-order valence-electron chi connectivity index (χ0n) is 10.8. The molecule has 1 aliphatic carbocycles. The van der Waals surface area contributed by atoms with Crippen LogP contribution in [0, 0.1) is 0 Å². The molecule has 0 radical (unpaired) electrons. The van der Waals surface area contributed by atoms with Crippen molar-refractivity contribution in [1.82, 2.24) is 4.98 Å². The lowest BCUT2D eigenvalue weighted by molar-refractivity contribution is -0.138. The number of ketones is 1. The number of carbonyl (C=O) groups excluding carboxylic acids is 2. The van der Waals surface area contributed by atoms with Crippen molar-refractivity contribution in [3.63, 3.8) is 0 Å². The molecule has 102 valence electrons. The van der Waals surface area contributed by atoms with Crippen molar-refractivity contribution in [2.24, 2.45) is 0 Å². The van der Waals surface area contributed by atoms with E-state index in [0.29, 0.717) is 34.8 Å². The molecular formula is C14H12N2O3S. The minimum Gasteiger partial charge on any atom is -0.463 e. The van der Waals surface area contributed by atoms with Crippen LogP contribution in [0.1, 0.15) is 22.8 Å². The van der Waals surface area contributed by atoms with E-state index in [0.717, 1.165) is 10.3 Å². The Hall–Kier alpha value is -2.21. The van der Waals surface area contributed by atoms with E-state index in [1.54, 1.807) is 6.92 Å². The number of fused-ring (bicyclic) bond motifs is 3. The minimum atomic E-state index is -0.435. The van der Waals surface area contributed by atoms with Crippen molar-refractivity contribution in [3.8, 4) is 0 Å². The van der Waals surface area contributed by atoms with Gasteiger partial charge in [-0.3, -0.25) is 4.79 Å². The van der Waals surface area contributed by atoms with Gasteiger partial charge >= 0.3 is 5.97 Å². The molecule has 1 aromatic carbocycles. The summed E-state index contributed by atoms with van der Waals surface area (Å²) < 4.78 is 5.73. The molecule has 0 atom stereocenters. The molecule has 20 heavy (non-hydrogen) atoms. The van der Waals surface area contributed by atoms with Gasteiger partial charge < -0.3 is 10.5 Å². The molecule has 5 nitrogen and oxygen atoms in total. The largest absolute Gasteiger partial charge is 0.463 e. The monoisotopic (exact) mass is 288 g/mol. The first-order valence-corrected chi connectivity index (χ1v) is 7.01. The first-order valence-electron chi connectivity index (χ1n) is 6.20. The van der Waals surface area contributed by atoms with Gasteiger partial charge in [-0.2, -0.15) is 0 Å². The molecule has 0 spiro atoms. The molecule has 0 saturated heterocycles. The number of carbonyl (C=O) groups is 2. The topological polar surface area (TPSA) is 82.3 Å². The van der Waals surface area contributed by atoms with Crippen LogP contribution in [0.25, 0.3) is 10.2 Å². The van der Waals surface area contributed by atoms with Crippen LogP contribution in [0.5, 0.6) is 0 Å². The Morgan fingerprint density at radius 3 is 3.05 bits per heavy atom. The van der Waals surface area contributed by atoms with Crippen LogP contribution in [0.2, 0.25) is 0 Å². The molecule has 0 fully saturated rings. The van der Waals surface area contributed by atoms with Gasteiger partial charge in [-0.05, 0) is 24.6 Å². The van der Waals surface area contributed by atoms with E-state index >= 15 is 0 Å². The van der Waals surface area contributed by atoms with Crippen LogP contribution >= 0.6 is 11.3 Å². The highest BCUT2D eigenvalue weighted by Crippen LogP contribution is 2.33. The van der Waals surface area contributed by atoms with E-state index in [4.69, 9.17) is 10.5 Å². The maximum Gasteiger partial charge on any atom is 0.334 e. The van der Waals surface area contributed by atoms with Crippen molar-refractivity contribution in [2.75, 3.05) is 12.3 Å². The summed E-state index contributed by atoms with van der Waals surface area (Å²) in [7, 11) is 0. The molecule has 0 unspecified atom stereocenters. The summed E-state index contributed by atoms with van der Waals surface area (Å²) in [5.74, 6) is -0.626. The molecule has 0 saturated carbocycles. The van der Waals surface area contributed by atoms with Crippen LogP contribution in [0.4, 0.5) is 5.13 Å². The number of benzene rings is 1. The molecule has 2 aromatic rings. The SMILES string of the molecule is CCOC(=O)C1=CC(=O)c2c(ccc3nc(N)sc23)C1. The van der Waals surface area contributed by atoms with Crippen molar-refractivity contribution in [3.05, 3.63) is 34.9 Å². The number of esters is 1. The quantitative estimate of drug-likeness (QED) is 0.856. The molecule has 1 heterocycles. The van der Waals surface area contributed by atoms with E-state index in [9.17, 15) is 9.59 Å². The highest BCUT2D eigenvalue weighted by atomic mass is 32.1. The van der Waals surface area contributed by atoms with Gasteiger partial charge in [0.2, 0.25) is 0 Å². The average molecular weight is 288 g/mol. The van der Waals surface area contributed by atoms with Gasteiger partial charge in [0.15, 0.2) is 10.9 Å². The Morgan fingerprint density at radius 2 is 2.30 bits per heavy atom. The number of nitrogens with zero attached hydrogens (tertiary/aromatic N) is 1. The fourth-order valence-corrected chi connectivity index (χ4v) is 3.21. The summed E-state index contributed by atoms with van der Waals surface area (Å²) in [5.41, 5.74) is 8.21. The van der Waals surface area contributed by atoms with E-state index in [1.807, 2.05) is 12.1 Å². The second-order valence-electron chi connectivity index (χ2n) is 4.43. The van der Waals surface area contributed by atoms with Gasteiger partial charge in [0, 0.05) is 17.6 Å². The number of hydrogen-bond acceptors (Lipinski definition) is 6. The Balaban J connectivity index is 2.09. The second-order valence-corrected chi connectivity index (χ2v) is 5.46. The summed E-state index contributed by atoms with van der Waals surface area (Å²) in [5, 5.41) is 0.432. The van der Waals surface area contributed by atoms with Gasteiger partial charge in [-0.1, -0.05) is 17.4 Å². The predicted molar refractivity (Wildman–Crippen MR) is 76.8 cm³/mol. The van der Waals surface area contributed by atoms with E-state index in [2.05, 4.69) is 4.98 Å². The summed E-state index contributed by atoms with van der Waals surface area (Å²) in [4.78, 5) is 28.2. The van der Waals surface area contributed by atoms with Crippen LogP contribution in [0.15, 0.2) is 23.8 Å². The molecule has 2 N–H and O–H groups in total. The number of rotatable bonds is 2. The second kappa shape index (κ2) is 4.72. The molecule has 0 aliphatic heterocycles. The van der Waals surface area contributed by atoms with E-state index in [1.165, 1.54) is 17.4 Å². The number of allylic oxidation sites excluding steroid dienone is 1. The Labute approximate surface area is 119 Å². The number of ether oxygens (including phenoxy) is 1. The maximum atomic E-state index is 12.3. The van der Waals surface area contributed by atoms with Gasteiger partial charge in [0.05, 0.1) is 16.8 Å². The maximum absolute atomic E-state index is 12.3. The van der Waals surface area contributed by atoms with Crippen molar-refractivity contribution >= 4 is 38.4 Å². The number of nitrogens with two attached hydrogens (primary N) is 1. The van der Waals surface area contributed by atoms with Gasteiger partial charge in [0.1, 0.15) is 0 Å². The first kappa shape index (κ1) is 12.8. The lowest BCUT2D eigenvalue weighted by Gasteiger charge is -2.15. The van der Waals surface area contributed by atoms with Gasteiger partial charge in [-0.15, -0.1) is 0 Å². The lowest BCUT2D eigenvalue weighted by atomic mass is 9.90. The predicted octanol–water partition coefficient (Wildman–Crippen LogP) is 2.11. The third kappa shape index (κ3) is 1.98. The standard InChI is InChI=1S/C14H12N2O3S/c1-2-19-13(18)8-5-7-3-4-9-12(20-14(15)16-9)11(7)10(17)6-8/h3-4,6H,2,5H2,1H3,(H2,15,16). The number of thiazole rings is 1. The van der Waals surface area contributed by atoms with Crippen LogP contribution < -0.4 is 5.73 Å². The molecule has 1 aromatic heterocycles. The number of aromatic nitrogens is 1. The highest BCUT2D eigenvalue weighted by Gasteiger charge is 2.25. The summed E-state index contributed by atoms with van der Waals surface area (Å²) >= 11 is 1.29. The molecule has 0 bridgehead atoms. The number of anilines is 1. The lowest BCUT2D eigenvalue weighted by Crippen LogP contribution is -2.17. The van der Waals surface area contributed by atoms with Crippen LogP contribution in [-0.4, -0.2) is 23.3 Å². The smallest absolute Gasteiger partial charge is 0.334 e. The normalized spacial score (nSPS) is 14.1. The first-order chi connectivity index (χ1) is 9.60. The van der Waals surface area contributed by atoms with Crippen molar-refractivity contribution in [1.29, 1.82) is 0 Å². The molecule has 3 rings (SSSR count). The Morgan fingerprint density at radius 1 is 1.50 bits per heavy atom. The summed E-state index contributed by atoms with van der Waals surface area (Å²) in [6.45, 7) is 2.03. The molecule has 1 aliphatic rings. The zero-order valence-corrected chi connectivity index (χ0v) is 11.6. The highest BCUT2D eigenvalue weighted by molar-refractivity contribution is 7.22. The summed E-state index contributed by atoms with van der Waals surface area (Å²) in [6.07, 6.45) is 1.75. The number of hydrogen-bond donors (Lipinski definition) is 1. The van der Waals surface area contributed by atoms with E-state index < -0.39 is 5.97 Å². The third-order valence-electron chi connectivity index (χ3n) is 3.13. The third-order valence-corrected chi connectivity index (χ3v) is 4.05. The number of nitrogen functional groups attached to an aromatic ring is 1. The van der Waals surface area contributed by atoms with Crippen molar-refractivity contribution in [2.45, 2.75) is 13.3 Å². The Kier molecular flexibility index (Phi) is 3.02. The van der Waals surface area contributed by atoms with Crippen LogP contribution in [0.3, 0.4) is 0 Å². The minimum absolute atomic E-state index is 0.191. The van der Waals surface area contributed by atoms with Crippen LogP contribution in [-0.2, 0) is 16.0 Å². The van der Waals surface area contributed by atoms with Crippen molar-refractivity contribution < 1.29 is 14.3 Å². The summed E-state index contributed by atoms with van der Waals surface area (Å²) in [6, 6.07) is 3.64. The van der Waals surface area contributed by atoms with Gasteiger partial charge in [0.25, 0.3) is 0 Å². The molecule has 0 amide bonds. The fourth-order valence-electron chi connectivity index (χ4n) is 2.31. The van der Waals surface area contributed by atoms with E-state index in [-0.39, 0.29) is 5.78 Å². The average Bonchev–Trinajstić information content (AvgIpc) is 2.78. The van der Waals surface area contributed by atoms with Gasteiger partial charge in [-0.25, -0.2) is 9.78 Å². The Bertz CT molecular complexity index is 761. The molecular weight excluding hydrogens is 276 g/mol. The fraction of sp³-hybridized carbons (Fsp3) is 0.214. The molecule has 6 heteroatoms.